The SMILES string of the molecule is Cn1cc(NC(=O)c2cnn3ccc(NC4CCNCC4)nc23)c(C(F)(F)F)n1.O=C(O)C(F)(F)F. The number of halogens is 6. The highest BCUT2D eigenvalue weighted by molar-refractivity contribution is 6.08. The van der Waals surface area contributed by atoms with Crippen molar-refractivity contribution in [1.29, 1.82) is 0 Å². The van der Waals surface area contributed by atoms with Crippen molar-refractivity contribution in [1.82, 2.24) is 29.7 Å². The molecule has 4 rings (SSSR count). The number of carboxylic acid groups (broad SMARTS) is 1. The second kappa shape index (κ2) is 10.4. The number of piperidine rings is 1. The molecule has 0 spiro atoms. The van der Waals surface area contributed by atoms with E-state index in [1.54, 1.807) is 12.3 Å². The summed E-state index contributed by atoms with van der Waals surface area (Å²) in [5, 5.41) is 23.4. The number of carboxylic acids is 1. The number of nitrogens with zero attached hydrogens (tertiary/aromatic N) is 5. The number of aromatic nitrogens is 5. The first-order valence-corrected chi connectivity index (χ1v) is 10.3. The Labute approximate surface area is 198 Å². The normalized spacial score (nSPS) is 14.8. The molecule has 3 aromatic rings. The molecule has 4 heterocycles. The third-order valence-electron chi connectivity index (χ3n) is 4.89. The fourth-order valence-corrected chi connectivity index (χ4v) is 3.26. The maximum absolute atomic E-state index is 13.1. The quantitative estimate of drug-likeness (QED) is 0.384. The van der Waals surface area contributed by atoms with Crippen molar-refractivity contribution in [3.63, 3.8) is 0 Å². The van der Waals surface area contributed by atoms with Crippen LogP contribution in [0.2, 0.25) is 0 Å². The largest absolute Gasteiger partial charge is 0.490 e. The minimum Gasteiger partial charge on any atom is -0.475 e. The smallest absolute Gasteiger partial charge is 0.475 e. The van der Waals surface area contributed by atoms with Crippen molar-refractivity contribution in [3.05, 3.63) is 35.9 Å². The molecule has 36 heavy (non-hydrogen) atoms. The molecule has 1 fully saturated rings. The van der Waals surface area contributed by atoms with E-state index >= 15 is 0 Å². The summed E-state index contributed by atoms with van der Waals surface area (Å²) in [6, 6.07) is 2.00. The molecule has 3 aromatic heterocycles. The predicted octanol–water partition coefficient (Wildman–Crippen LogP) is 2.53. The first kappa shape index (κ1) is 26.7. The van der Waals surface area contributed by atoms with E-state index in [-0.39, 0.29) is 17.3 Å². The van der Waals surface area contributed by atoms with E-state index < -0.39 is 35.6 Å². The molecule has 1 aliphatic rings. The Bertz CT molecular complexity index is 1230. The Morgan fingerprint density at radius 2 is 1.81 bits per heavy atom. The lowest BCUT2D eigenvalue weighted by molar-refractivity contribution is -0.192. The lowest BCUT2D eigenvalue weighted by Gasteiger charge is -2.24. The number of aliphatic carboxylic acids is 1. The summed E-state index contributed by atoms with van der Waals surface area (Å²) in [5.41, 5.74) is -1.27. The summed E-state index contributed by atoms with van der Waals surface area (Å²) in [4.78, 5) is 26.0. The van der Waals surface area contributed by atoms with Crippen LogP contribution in [0.5, 0.6) is 0 Å². The highest BCUT2D eigenvalue weighted by atomic mass is 19.4. The van der Waals surface area contributed by atoms with E-state index in [1.807, 2.05) is 0 Å². The molecule has 17 heteroatoms. The van der Waals surface area contributed by atoms with E-state index in [0.29, 0.717) is 5.82 Å². The molecule has 0 atom stereocenters. The Morgan fingerprint density at radius 1 is 1.17 bits per heavy atom. The second-order valence-electron chi connectivity index (χ2n) is 7.63. The number of aryl methyl sites for hydroxylation is 1. The van der Waals surface area contributed by atoms with Crippen LogP contribution in [0, 0.1) is 0 Å². The van der Waals surface area contributed by atoms with Gasteiger partial charge in [-0.2, -0.15) is 36.5 Å². The number of rotatable bonds is 4. The number of alkyl halides is 6. The van der Waals surface area contributed by atoms with Crippen LogP contribution in [0.3, 0.4) is 0 Å². The van der Waals surface area contributed by atoms with Gasteiger partial charge in [-0.3, -0.25) is 9.48 Å². The topological polar surface area (TPSA) is 138 Å². The molecule has 11 nitrogen and oxygen atoms in total. The van der Waals surface area contributed by atoms with Crippen LogP contribution in [0.1, 0.15) is 28.9 Å². The lowest BCUT2D eigenvalue weighted by Crippen LogP contribution is -2.35. The molecular formula is C19H20F6N8O3. The number of fused-ring (bicyclic) bond motifs is 1. The minimum absolute atomic E-state index is 0.0657. The fraction of sp³-hybridized carbons (Fsp3) is 0.421. The van der Waals surface area contributed by atoms with Crippen molar-refractivity contribution in [3.8, 4) is 0 Å². The van der Waals surface area contributed by atoms with Gasteiger partial charge in [-0.05, 0) is 32.0 Å². The van der Waals surface area contributed by atoms with Gasteiger partial charge in [0.15, 0.2) is 11.3 Å². The minimum atomic E-state index is -5.08. The zero-order chi connectivity index (χ0) is 26.7. The summed E-state index contributed by atoms with van der Waals surface area (Å²) >= 11 is 0. The number of hydrogen-bond acceptors (Lipinski definition) is 7. The molecule has 0 radical (unpaired) electrons. The van der Waals surface area contributed by atoms with Crippen LogP contribution in [-0.2, 0) is 18.0 Å². The van der Waals surface area contributed by atoms with Gasteiger partial charge in [0.05, 0.1) is 11.9 Å². The molecular weight excluding hydrogens is 502 g/mol. The van der Waals surface area contributed by atoms with E-state index in [2.05, 4.69) is 31.1 Å². The molecule has 1 aliphatic heterocycles. The van der Waals surface area contributed by atoms with Gasteiger partial charge in [-0.25, -0.2) is 14.3 Å². The van der Waals surface area contributed by atoms with Gasteiger partial charge in [0.2, 0.25) is 0 Å². The maximum Gasteiger partial charge on any atom is 0.490 e. The zero-order valence-electron chi connectivity index (χ0n) is 18.5. The van der Waals surface area contributed by atoms with Gasteiger partial charge in [-0.15, -0.1) is 0 Å². The predicted molar refractivity (Wildman–Crippen MR) is 112 cm³/mol. The standard InChI is InChI=1S/C17H19F3N8O.C2HF3O2/c1-27-9-12(14(26-27)17(18,19)20)24-16(29)11-8-22-28-7-4-13(25-15(11)28)23-10-2-5-21-6-3-10;3-2(4,5)1(6)7/h4,7-10,21H,2-3,5-6H2,1H3,(H,23,25)(H,24,29);(H,6,7). The monoisotopic (exact) mass is 522 g/mol. The third-order valence-corrected chi connectivity index (χ3v) is 4.89. The number of carbonyl (C=O) groups is 2. The Balaban J connectivity index is 0.000000454. The van der Waals surface area contributed by atoms with Crippen LogP contribution in [0.4, 0.5) is 37.8 Å². The molecule has 0 unspecified atom stereocenters. The summed E-state index contributed by atoms with van der Waals surface area (Å²) < 4.78 is 73.5. The van der Waals surface area contributed by atoms with Crippen molar-refractivity contribution < 1.29 is 41.0 Å². The van der Waals surface area contributed by atoms with Crippen molar-refractivity contribution >= 4 is 29.0 Å². The molecule has 0 aromatic carbocycles. The average Bonchev–Trinajstić information content (AvgIpc) is 3.37. The molecule has 1 saturated heterocycles. The number of amides is 1. The molecule has 0 aliphatic carbocycles. The van der Waals surface area contributed by atoms with Crippen LogP contribution in [0.15, 0.2) is 24.7 Å². The van der Waals surface area contributed by atoms with Gasteiger partial charge >= 0.3 is 18.3 Å². The van der Waals surface area contributed by atoms with Crippen LogP contribution < -0.4 is 16.0 Å². The number of carbonyl (C=O) groups excluding carboxylic acids is 1. The van der Waals surface area contributed by atoms with Gasteiger partial charge < -0.3 is 21.1 Å². The Kier molecular flexibility index (Phi) is 7.71. The van der Waals surface area contributed by atoms with E-state index in [9.17, 15) is 31.1 Å². The average molecular weight is 522 g/mol. The maximum atomic E-state index is 13.1. The number of anilines is 2. The first-order chi connectivity index (χ1) is 16.8. The van der Waals surface area contributed by atoms with E-state index in [1.165, 1.54) is 17.8 Å². The van der Waals surface area contributed by atoms with Crippen molar-refractivity contribution in [2.24, 2.45) is 7.05 Å². The van der Waals surface area contributed by atoms with Crippen LogP contribution >= 0.6 is 0 Å². The van der Waals surface area contributed by atoms with E-state index in [0.717, 1.165) is 36.8 Å². The summed E-state index contributed by atoms with van der Waals surface area (Å²) in [7, 11) is 1.35. The molecule has 4 N–H and O–H groups in total. The van der Waals surface area contributed by atoms with Gasteiger partial charge in [0, 0.05) is 25.5 Å². The second-order valence-corrected chi connectivity index (χ2v) is 7.63. The highest BCUT2D eigenvalue weighted by Crippen LogP contribution is 2.33. The van der Waals surface area contributed by atoms with Crippen LogP contribution in [-0.4, -0.2) is 66.7 Å². The molecule has 196 valence electrons. The Hall–Kier alpha value is -3.89. The van der Waals surface area contributed by atoms with E-state index in [4.69, 9.17) is 9.90 Å². The molecule has 1 amide bonds. The third kappa shape index (κ3) is 6.61. The summed E-state index contributed by atoms with van der Waals surface area (Å²) in [6.45, 7) is 1.82. The van der Waals surface area contributed by atoms with Gasteiger partial charge in [-0.1, -0.05) is 0 Å². The molecule has 0 saturated carbocycles. The highest BCUT2D eigenvalue weighted by Gasteiger charge is 2.38. The van der Waals surface area contributed by atoms with Crippen molar-refractivity contribution in [2.75, 3.05) is 23.7 Å². The Morgan fingerprint density at radius 3 is 2.39 bits per heavy atom. The van der Waals surface area contributed by atoms with Gasteiger partial charge in [0.1, 0.15) is 11.4 Å². The first-order valence-electron chi connectivity index (χ1n) is 10.3. The summed E-state index contributed by atoms with van der Waals surface area (Å²) in [5.74, 6) is -2.92. The molecule has 0 bridgehead atoms. The van der Waals surface area contributed by atoms with Crippen molar-refractivity contribution in [2.45, 2.75) is 31.2 Å². The van der Waals surface area contributed by atoms with Gasteiger partial charge in [0.25, 0.3) is 5.91 Å². The zero-order valence-corrected chi connectivity index (χ0v) is 18.5. The lowest BCUT2D eigenvalue weighted by atomic mass is 10.1. The fourth-order valence-electron chi connectivity index (χ4n) is 3.26. The number of nitrogens with one attached hydrogen (secondary N) is 3. The number of hydrogen-bond donors (Lipinski definition) is 4. The van der Waals surface area contributed by atoms with Crippen LogP contribution in [0.25, 0.3) is 5.65 Å². The summed E-state index contributed by atoms with van der Waals surface area (Å²) in [6.07, 6.45) is -3.86.